The second-order valence-corrected chi connectivity index (χ2v) is 9.37. The number of thiophene rings is 1. The predicted molar refractivity (Wildman–Crippen MR) is 124 cm³/mol. The molecule has 1 unspecified atom stereocenters. The molecule has 2 aromatic rings. The van der Waals surface area contributed by atoms with Gasteiger partial charge in [-0.3, -0.25) is 0 Å². The van der Waals surface area contributed by atoms with Crippen LogP contribution in [0, 0.1) is 0 Å². The molecule has 0 fully saturated rings. The van der Waals surface area contributed by atoms with Gasteiger partial charge in [0, 0.05) is 16.9 Å². The summed E-state index contributed by atoms with van der Waals surface area (Å²) in [5, 5.41) is 7.13. The van der Waals surface area contributed by atoms with Crippen LogP contribution in [0.15, 0.2) is 47.0 Å². The quantitative estimate of drug-likeness (QED) is 0.551. The Kier molecular flexibility index (Phi) is 6.78. The molecule has 0 saturated heterocycles. The Labute approximate surface area is 201 Å². The maximum Gasteiger partial charge on any atom is 0.344 e. The van der Waals surface area contributed by atoms with Gasteiger partial charge in [0.2, 0.25) is 0 Å². The Morgan fingerprint density at radius 3 is 2.76 bits per heavy atom. The summed E-state index contributed by atoms with van der Waals surface area (Å²) in [5.74, 6) is -0.183. The fourth-order valence-electron chi connectivity index (χ4n) is 3.88. The normalized spacial score (nSPS) is 18.3. The van der Waals surface area contributed by atoms with Gasteiger partial charge in [0.15, 0.2) is 18.1 Å². The van der Waals surface area contributed by atoms with Gasteiger partial charge in [-0.2, -0.15) is 0 Å². The highest BCUT2D eigenvalue weighted by atomic mass is 32.1. The molecule has 1 atom stereocenters. The van der Waals surface area contributed by atoms with Crippen LogP contribution in [0.1, 0.15) is 37.3 Å². The molecule has 0 bridgehead atoms. The number of urea groups is 1. The van der Waals surface area contributed by atoms with E-state index >= 15 is 0 Å². The fourth-order valence-corrected chi connectivity index (χ4v) is 4.67. The molecule has 2 aliphatic rings. The Morgan fingerprint density at radius 1 is 1.21 bits per heavy atom. The van der Waals surface area contributed by atoms with Gasteiger partial charge in [0.25, 0.3) is 0 Å². The average Bonchev–Trinajstić information content (AvgIpc) is 3.42. The van der Waals surface area contributed by atoms with Gasteiger partial charge in [0.05, 0.1) is 23.9 Å². The number of amides is 2. The standard InChI is InChI=1S/C24H26N2O7S/c1-4-30-22(28)19-15(25-23(29)26-20(19)17-9-6-10-34-17)12-32-18(27)13-31-16-8-5-7-14-11-24(2,3)33-21(14)16/h5-10,20H,4,11-13H2,1-3H3,(H2,25,26,29). The molecule has 0 spiro atoms. The highest BCUT2D eigenvalue weighted by Gasteiger charge is 2.35. The minimum Gasteiger partial charge on any atom is -0.483 e. The number of esters is 2. The summed E-state index contributed by atoms with van der Waals surface area (Å²) in [7, 11) is 0. The summed E-state index contributed by atoms with van der Waals surface area (Å²) in [5.41, 5.74) is 1.02. The lowest BCUT2D eigenvalue weighted by atomic mass is 10.0. The summed E-state index contributed by atoms with van der Waals surface area (Å²) in [6.45, 7) is 5.14. The first kappa shape index (κ1) is 23.6. The number of para-hydroxylation sites is 1. The molecule has 2 amide bonds. The zero-order valence-corrected chi connectivity index (χ0v) is 20.0. The number of ether oxygens (including phenoxy) is 4. The van der Waals surface area contributed by atoms with Gasteiger partial charge >= 0.3 is 18.0 Å². The largest absolute Gasteiger partial charge is 0.483 e. The monoisotopic (exact) mass is 486 g/mol. The van der Waals surface area contributed by atoms with E-state index in [-0.39, 0.29) is 36.7 Å². The van der Waals surface area contributed by atoms with E-state index in [1.54, 1.807) is 19.1 Å². The van der Waals surface area contributed by atoms with Crippen LogP contribution in [0.3, 0.4) is 0 Å². The molecular formula is C24H26N2O7S. The van der Waals surface area contributed by atoms with Gasteiger partial charge in [-0.05, 0) is 38.3 Å². The van der Waals surface area contributed by atoms with E-state index < -0.39 is 24.0 Å². The van der Waals surface area contributed by atoms with Gasteiger partial charge < -0.3 is 29.6 Å². The third kappa shape index (κ3) is 5.17. The topological polar surface area (TPSA) is 112 Å². The smallest absolute Gasteiger partial charge is 0.344 e. The summed E-state index contributed by atoms with van der Waals surface area (Å²) < 4.78 is 22.1. The highest BCUT2D eigenvalue weighted by molar-refractivity contribution is 7.10. The van der Waals surface area contributed by atoms with E-state index in [4.69, 9.17) is 18.9 Å². The molecule has 3 heterocycles. The van der Waals surface area contributed by atoms with E-state index in [1.165, 1.54) is 11.3 Å². The Balaban J connectivity index is 1.45. The second kappa shape index (κ2) is 9.76. The first-order chi connectivity index (χ1) is 16.3. The molecular weight excluding hydrogens is 460 g/mol. The summed E-state index contributed by atoms with van der Waals surface area (Å²) >= 11 is 1.39. The lowest BCUT2D eigenvalue weighted by Gasteiger charge is -2.28. The van der Waals surface area contributed by atoms with Crippen molar-refractivity contribution < 1.29 is 33.3 Å². The number of carbonyl (C=O) groups excluding carboxylic acids is 3. The molecule has 1 aromatic carbocycles. The molecule has 1 aromatic heterocycles. The zero-order chi connectivity index (χ0) is 24.3. The number of rotatable bonds is 8. The van der Waals surface area contributed by atoms with Crippen LogP contribution in [-0.2, 0) is 25.5 Å². The van der Waals surface area contributed by atoms with Gasteiger partial charge in [-0.15, -0.1) is 11.3 Å². The van der Waals surface area contributed by atoms with Crippen LogP contribution >= 0.6 is 11.3 Å². The molecule has 2 N–H and O–H groups in total. The van der Waals surface area contributed by atoms with Crippen LogP contribution in [0.4, 0.5) is 4.79 Å². The van der Waals surface area contributed by atoms with Crippen LogP contribution in [-0.4, -0.2) is 43.4 Å². The molecule has 34 heavy (non-hydrogen) atoms. The van der Waals surface area contributed by atoms with Crippen molar-refractivity contribution in [3.05, 3.63) is 57.4 Å². The van der Waals surface area contributed by atoms with Crippen LogP contribution in [0.25, 0.3) is 0 Å². The molecule has 2 aliphatic heterocycles. The molecule has 10 heteroatoms. The third-order valence-electron chi connectivity index (χ3n) is 5.25. The SMILES string of the molecule is CCOC(=O)C1=C(COC(=O)COc2cccc3c2OC(C)(C)C3)NC(=O)NC1c1cccs1. The second-order valence-electron chi connectivity index (χ2n) is 8.39. The lowest BCUT2D eigenvalue weighted by molar-refractivity contribution is -0.145. The van der Waals surface area contributed by atoms with Crippen molar-refractivity contribution in [3.63, 3.8) is 0 Å². The minimum absolute atomic E-state index is 0.161. The lowest BCUT2D eigenvalue weighted by Crippen LogP contribution is -2.47. The number of hydrogen-bond donors (Lipinski definition) is 2. The van der Waals surface area contributed by atoms with Crippen molar-refractivity contribution in [2.45, 2.75) is 38.8 Å². The van der Waals surface area contributed by atoms with Crippen molar-refractivity contribution in [1.29, 1.82) is 0 Å². The van der Waals surface area contributed by atoms with Crippen LogP contribution < -0.4 is 20.1 Å². The molecule has 0 radical (unpaired) electrons. The maximum absolute atomic E-state index is 12.7. The number of benzene rings is 1. The first-order valence-electron chi connectivity index (χ1n) is 10.9. The fraction of sp³-hybridized carbons (Fsp3) is 0.375. The predicted octanol–water partition coefficient (Wildman–Crippen LogP) is 3.25. The van der Waals surface area contributed by atoms with Crippen LogP contribution in [0.5, 0.6) is 11.5 Å². The minimum atomic E-state index is -0.704. The average molecular weight is 487 g/mol. The Hall–Kier alpha value is -3.53. The number of nitrogens with one attached hydrogen (secondary N) is 2. The van der Waals surface area contributed by atoms with Gasteiger partial charge in [-0.1, -0.05) is 18.2 Å². The van der Waals surface area contributed by atoms with E-state index in [0.717, 1.165) is 16.9 Å². The summed E-state index contributed by atoms with van der Waals surface area (Å²) in [6.07, 6.45) is 0.744. The van der Waals surface area contributed by atoms with Crippen molar-refractivity contribution in [3.8, 4) is 11.5 Å². The maximum atomic E-state index is 12.7. The van der Waals surface area contributed by atoms with Crippen molar-refractivity contribution in [2.24, 2.45) is 0 Å². The number of hydrogen-bond acceptors (Lipinski definition) is 8. The Bertz CT molecular complexity index is 1120. The zero-order valence-electron chi connectivity index (χ0n) is 19.1. The van der Waals surface area contributed by atoms with Crippen molar-refractivity contribution >= 4 is 29.3 Å². The van der Waals surface area contributed by atoms with Gasteiger partial charge in [-0.25, -0.2) is 14.4 Å². The molecule has 180 valence electrons. The van der Waals surface area contributed by atoms with E-state index in [9.17, 15) is 14.4 Å². The van der Waals surface area contributed by atoms with E-state index in [0.29, 0.717) is 11.5 Å². The van der Waals surface area contributed by atoms with Crippen molar-refractivity contribution in [2.75, 3.05) is 19.8 Å². The molecule has 4 rings (SSSR count). The Morgan fingerprint density at radius 2 is 2.03 bits per heavy atom. The number of fused-ring (bicyclic) bond motifs is 1. The third-order valence-corrected chi connectivity index (χ3v) is 6.19. The van der Waals surface area contributed by atoms with Gasteiger partial charge in [0.1, 0.15) is 12.2 Å². The first-order valence-corrected chi connectivity index (χ1v) is 11.8. The molecule has 0 saturated carbocycles. The van der Waals surface area contributed by atoms with E-state index in [1.807, 2.05) is 37.4 Å². The summed E-state index contributed by atoms with van der Waals surface area (Å²) in [6, 6.07) is 7.95. The van der Waals surface area contributed by atoms with E-state index in [2.05, 4.69) is 10.6 Å². The molecule has 9 nitrogen and oxygen atoms in total. The van der Waals surface area contributed by atoms with Crippen molar-refractivity contribution in [1.82, 2.24) is 10.6 Å². The van der Waals surface area contributed by atoms with Crippen LogP contribution in [0.2, 0.25) is 0 Å². The highest BCUT2D eigenvalue weighted by Crippen LogP contribution is 2.41. The number of carbonyl (C=O) groups is 3. The molecule has 0 aliphatic carbocycles. The summed E-state index contributed by atoms with van der Waals surface area (Å²) in [4.78, 5) is 38.1.